The number of nitrogens with zero attached hydrogens (tertiary/aromatic N) is 8. The van der Waals surface area contributed by atoms with E-state index in [4.69, 9.17) is 10.5 Å². The van der Waals surface area contributed by atoms with E-state index in [1.165, 1.54) is 18.5 Å². The largest absolute Gasteiger partial charge is 0.507 e. The molecule has 10 rings (SSSR count). The van der Waals surface area contributed by atoms with E-state index >= 15 is 0 Å². The Bertz CT molecular complexity index is 2440. The summed E-state index contributed by atoms with van der Waals surface area (Å²) in [6.45, 7) is 10.3. The predicted octanol–water partition coefficient (Wildman–Crippen LogP) is 4.38. The molecule has 65 heavy (non-hydrogen) atoms. The van der Waals surface area contributed by atoms with E-state index in [0.717, 1.165) is 113 Å². The number of imide groups is 2. The fraction of sp³-hybridized carbons (Fsp3) is 0.469. The minimum atomic E-state index is -0.956. The van der Waals surface area contributed by atoms with Crippen LogP contribution in [0.2, 0.25) is 0 Å². The van der Waals surface area contributed by atoms with Gasteiger partial charge in [-0.25, -0.2) is 0 Å². The van der Waals surface area contributed by atoms with Crippen molar-refractivity contribution in [3.05, 3.63) is 83.9 Å². The molecule has 3 unspecified atom stereocenters. The fourth-order valence-corrected chi connectivity index (χ4v) is 11.0. The number of rotatable bonds is 13. The van der Waals surface area contributed by atoms with Crippen molar-refractivity contribution in [2.24, 2.45) is 5.92 Å². The number of fused-ring (bicyclic) bond motifs is 3. The first kappa shape index (κ1) is 42.7. The lowest BCUT2D eigenvalue weighted by Gasteiger charge is -2.43. The lowest BCUT2D eigenvalue weighted by atomic mass is 9.91. The quantitative estimate of drug-likeness (QED) is 0.161. The third-order valence-electron chi connectivity index (χ3n) is 14.6. The summed E-state index contributed by atoms with van der Waals surface area (Å²) in [7, 11) is 0. The van der Waals surface area contributed by atoms with Gasteiger partial charge in [-0.3, -0.25) is 34.3 Å². The van der Waals surface area contributed by atoms with Gasteiger partial charge in [-0.15, -0.1) is 10.2 Å². The zero-order chi connectivity index (χ0) is 44.6. The Morgan fingerprint density at radius 2 is 1.45 bits per heavy atom. The smallest absolute Gasteiger partial charge is 0.262 e. The predicted molar refractivity (Wildman–Crippen MR) is 247 cm³/mol. The zero-order valence-corrected chi connectivity index (χ0v) is 36.8. The van der Waals surface area contributed by atoms with Gasteiger partial charge in [0.2, 0.25) is 11.8 Å². The normalized spacial score (nSPS) is 23.0. The number of ether oxygens (including phenoxy) is 1. The number of nitrogens with two attached hydrogens (primary N) is 1. The molecule has 5 fully saturated rings. The van der Waals surface area contributed by atoms with Crippen molar-refractivity contribution < 1.29 is 29.0 Å². The number of aromatic nitrogens is 2. The van der Waals surface area contributed by atoms with Gasteiger partial charge < -0.3 is 35.2 Å². The molecule has 4 amide bonds. The average molecular weight is 883 g/mol. The minimum absolute atomic E-state index is 0.105. The number of carbonyl (C=O) groups is 4. The van der Waals surface area contributed by atoms with E-state index in [1.807, 2.05) is 24.3 Å². The highest BCUT2D eigenvalue weighted by Crippen LogP contribution is 2.40. The van der Waals surface area contributed by atoms with Crippen molar-refractivity contribution in [1.29, 1.82) is 0 Å². The molecule has 0 radical (unpaired) electrons. The molecule has 340 valence electrons. The van der Waals surface area contributed by atoms with Crippen molar-refractivity contribution in [3.8, 4) is 22.8 Å². The summed E-state index contributed by atoms with van der Waals surface area (Å²) in [4.78, 5) is 63.9. The molecule has 0 spiro atoms. The summed E-state index contributed by atoms with van der Waals surface area (Å²) in [5.41, 5.74) is 11.3. The third kappa shape index (κ3) is 8.80. The molecular formula is C49H58N10O6. The van der Waals surface area contributed by atoms with Gasteiger partial charge in [0.05, 0.1) is 22.5 Å². The number of nitrogens with one attached hydrogen (secondary N) is 1. The first-order valence-electron chi connectivity index (χ1n) is 23.4. The number of anilines is 4. The molecule has 0 saturated carbocycles. The van der Waals surface area contributed by atoms with Crippen LogP contribution >= 0.6 is 0 Å². The van der Waals surface area contributed by atoms with Crippen molar-refractivity contribution in [3.63, 3.8) is 0 Å². The van der Waals surface area contributed by atoms with E-state index in [9.17, 15) is 24.3 Å². The summed E-state index contributed by atoms with van der Waals surface area (Å²) >= 11 is 0. The van der Waals surface area contributed by atoms with Crippen LogP contribution in [0.15, 0.2) is 72.8 Å². The van der Waals surface area contributed by atoms with Gasteiger partial charge in [-0.05, 0) is 106 Å². The zero-order valence-electron chi connectivity index (χ0n) is 36.8. The second-order valence-electron chi connectivity index (χ2n) is 18.5. The Morgan fingerprint density at radius 1 is 0.708 bits per heavy atom. The topological polar surface area (TPSA) is 181 Å². The number of para-hydroxylation sites is 1. The summed E-state index contributed by atoms with van der Waals surface area (Å²) < 4.78 is 6.36. The van der Waals surface area contributed by atoms with Crippen LogP contribution in [0.4, 0.5) is 22.9 Å². The van der Waals surface area contributed by atoms with Gasteiger partial charge in [-0.1, -0.05) is 18.2 Å². The van der Waals surface area contributed by atoms with Crippen molar-refractivity contribution in [2.75, 3.05) is 92.5 Å². The number of carbonyl (C=O) groups excluding carboxylic acids is 4. The maximum Gasteiger partial charge on any atom is 0.262 e. The van der Waals surface area contributed by atoms with Crippen LogP contribution in [0.25, 0.3) is 11.3 Å². The monoisotopic (exact) mass is 882 g/mol. The van der Waals surface area contributed by atoms with E-state index in [0.29, 0.717) is 52.8 Å². The number of hydrogen-bond donors (Lipinski definition) is 3. The van der Waals surface area contributed by atoms with Gasteiger partial charge in [0.15, 0.2) is 5.82 Å². The second kappa shape index (κ2) is 18.3. The molecule has 0 aliphatic carbocycles. The second-order valence-corrected chi connectivity index (χ2v) is 18.5. The fourth-order valence-electron chi connectivity index (χ4n) is 11.0. The molecule has 6 aliphatic rings. The minimum Gasteiger partial charge on any atom is -0.507 e. The lowest BCUT2D eigenvalue weighted by Crippen LogP contribution is -2.54. The molecule has 4 N–H and O–H groups in total. The molecule has 4 aromatic rings. The average Bonchev–Trinajstić information content (AvgIpc) is 3.73. The van der Waals surface area contributed by atoms with Crippen molar-refractivity contribution in [1.82, 2.24) is 30.2 Å². The van der Waals surface area contributed by atoms with Crippen LogP contribution in [0, 0.1) is 5.92 Å². The molecule has 6 aliphatic heterocycles. The van der Waals surface area contributed by atoms with Gasteiger partial charge in [-0.2, -0.15) is 0 Å². The number of piperidine rings is 2. The molecule has 2 bridgehead atoms. The summed E-state index contributed by atoms with van der Waals surface area (Å²) in [6.07, 6.45) is 7.03. The van der Waals surface area contributed by atoms with E-state index in [1.54, 1.807) is 24.3 Å². The summed E-state index contributed by atoms with van der Waals surface area (Å²) in [5.74, 6) is 0.237. The highest BCUT2D eigenvalue weighted by atomic mass is 16.5. The standard InChI is InChI=1S/C49H58N10O6/c50-46-43(29-41(52-53-46)39-8-1-2-9-44(39)60)57-30-35-10-11-36(31-57)58(35)34-6-3-7-37(27-34)65-26-25-55-23-21-54(22-24-55)18-4-5-32-16-19-56(20-17-32)33-12-13-38-40(28-33)49(64)59(48(38)63)42-14-15-45(61)51-47(42)62/h1-3,6-9,12-13,27-29,32,35-36,42,60H,4-5,10-11,14-26,30-31H2,(H2,50,53)(H,51,61,62). The van der Waals surface area contributed by atoms with E-state index < -0.39 is 23.8 Å². The Morgan fingerprint density at radius 3 is 2.20 bits per heavy atom. The SMILES string of the molecule is Nc1nnc(-c2ccccc2O)cc1N1CC2CCC(C1)N2c1cccc(OCCN2CCN(CCCC3CCN(c4ccc5c(c4)C(=O)N(C4CCC(=O)NC4=O)C5=O)CC3)CC2)c1. The summed E-state index contributed by atoms with van der Waals surface area (Å²) in [6, 6.07) is 22.8. The van der Waals surface area contributed by atoms with E-state index in [-0.39, 0.29) is 24.5 Å². The van der Waals surface area contributed by atoms with Crippen LogP contribution in [0.5, 0.6) is 11.5 Å². The lowest BCUT2D eigenvalue weighted by molar-refractivity contribution is -0.136. The van der Waals surface area contributed by atoms with Crippen molar-refractivity contribution in [2.45, 2.75) is 69.5 Å². The maximum absolute atomic E-state index is 13.3. The number of nitrogen functional groups attached to an aromatic ring is 1. The molecule has 3 atom stereocenters. The van der Waals surface area contributed by atoms with Gasteiger partial charge in [0.25, 0.3) is 11.8 Å². The number of benzene rings is 3. The summed E-state index contributed by atoms with van der Waals surface area (Å²) in [5, 5.41) is 21.2. The molecule has 1 aromatic heterocycles. The van der Waals surface area contributed by atoms with E-state index in [2.05, 4.69) is 64.3 Å². The van der Waals surface area contributed by atoms with Gasteiger partial charge in [0, 0.05) is 100 Å². The highest BCUT2D eigenvalue weighted by Gasteiger charge is 2.45. The maximum atomic E-state index is 13.3. The van der Waals surface area contributed by atoms with Crippen LogP contribution in [-0.2, 0) is 9.59 Å². The first-order chi connectivity index (χ1) is 31.7. The Balaban J connectivity index is 0.633. The van der Waals surface area contributed by atoms with Gasteiger partial charge in [0.1, 0.15) is 24.1 Å². The van der Waals surface area contributed by atoms with Crippen LogP contribution in [-0.4, -0.2) is 144 Å². The van der Waals surface area contributed by atoms with Crippen LogP contribution in [0.3, 0.4) is 0 Å². The molecular weight excluding hydrogens is 825 g/mol. The number of hydrogen-bond acceptors (Lipinski definition) is 14. The van der Waals surface area contributed by atoms with Crippen LogP contribution in [0.1, 0.15) is 72.1 Å². The number of amides is 4. The Hall–Kier alpha value is -6.26. The molecule has 5 saturated heterocycles. The molecule has 7 heterocycles. The number of aromatic hydroxyl groups is 1. The third-order valence-corrected chi connectivity index (χ3v) is 14.6. The van der Waals surface area contributed by atoms with Crippen LogP contribution < -0.4 is 30.5 Å². The number of phenolic OH excluding ortho intramolecular Hbond substituents is 1. The Labute approximate surface area is 379 Å². The Kier molecular flexibility index (Phi) is 12.0. The number of phenols is 1. The van der Waals surface area contributed by atoms with Crippen molar-refractivity contribution >= 4 is 46.5 Å². The molecule has 16 heteroatoms. The highest BCUT2D eigenvalue weighted by molar-refractivity contribution is 6.23. The molecule has 16 nitrogen and oxygen atoms in total. The molecule has 3 aromatic carbocycles. The number of piperazine rings is 2. The van der Waals surface area contributed by atoms with Gasteiger partial charge >= 0.3 is 0 Å². The first-order valence-corrected chi connectivity index (χ1v) is 23.4.